The van der Waals surface area contributed by atoms with Crippen molar-refractivity contribution in [3.8, 4) is 33.9 Å². The molecule has 0 atom stereocenters. The van der Waals surface area contributed by atoms with Crippen LogP contribution in [0.5, 0.6) is 0 Å². The van der Waals surface area contributed by atoms with Crippen LogP contribution in [0.4, 0.5) is 0 Å². The molecule has 0 radical (unpaired) electrons. The molecule has 0 fully saturated rings. The Bertz CT molecular complexity index is 1590. The van der Waals surface area contributed by atoms with Crippen LogP contribution in [-0.2, 0) is 13.5 Å². The van der Waals surface area contributed by atoms with Crippen LogP contribution in [0.1, 0.15) is 67.6 Å². The second-order valence-electron chi connectivity index (χ2n) is 10.9. The van der Waals surface area contributed by atoms with Crippen molar-refractivity contribution in [3.05, 3.63) is 107 Å². The van der Waals surface area contributed by atoms with Gasteiger partial charge in [-0.1, -0.05) is 64.1 Å². The van der Waals surface area contributed by atoms with E-state index < -0.39 is 0 Å². The molecule has 3 heterocycles. The van der Waals surface area contributed by atoms with E-state index in [4.69, 9.17) is 0 Å². The Hall–Kier alpha value is -3.92. The van der Waals surface area contributed by atoms with Crippen LogP contribution in [0.3, 0.4) is 0 Å². The van der Waals surface area contributed by atoms with Gasteiger partial charge in [0, 0.05) is 29.9 Å². The second kappa shape index (κ2) is 8.88. The number of nitrogens with zero attached hydrogens (tertiary/aromatic N) is 4. The number of imidazole rings is 2. The molecule has 186 valence electrons. The van der Waals surface area contributed by atoms with Gasteiger partial charge in [0.05, 0.1) is 18.3 Å². The first kappa shape index (κ1) is 23.5. The minimum atomic E-state index is 0.379. The molecule has 1 aliphatic rings. The van der Waals surface area contributed by atoms with Crippen LogP contribution in [0.2, 0.25) is 0 Å². The van der Waals surface area contributed by atoms with Gasteiger partial charge < -0.3 is 4.57 Å². The maximum atomic E-state index is 4.63. The van der Waals surface area contributed by atoms with Crippen molar-refractivity contribution in [2.45, 2.75) is 52.9 Å². The zero-order valence-corrected chi connectivity index (χ0v) is 22.7. The molecular weight excluding hydrogens is 452 g/mol. The van der Waals surface area contributed by atoms with E-state index in [0.29, 0.717) is 11.8 Å². The normalized spacial score (nSPS) is 12.4. The van der Waals surface area contributed by atoms with E-state index in [1.165, 1.54) is 56.1 Å². The van der Waals surface area contributed by atoms with Gasteiger partial charge in [-0.25, -0.2) is 9.55 Å². The topological polar surface area (TPSA) is 26.6 Å². The van der Waals surface area contributed by atoms with E-state index in [2.05, 4.69) is 134 Å². The molecule has 4 nitrogen and oxygen atoms in total. The summed E-state index contributed by atoms with van der Waals surface area (Å²) in [5.41, 5.74) is 11.8. The minimum absolute atomic E-state index is 0.379. The highest BCUT2D eigenvalue weighted by molar-refractivity contribution is 5.75. The highest BCUT2D eigenvalue weighted by Gasteiger charge is 2.32. The summed E-state index contributed by atoms with van der Waals surface area (Å²) in [5.74, 6) is 3.09. The molecule has 0 bridgehead atoms. The van der Waals surface area contributed by atoms with E-state index in [1.54, 1.807) is 0 Å². The minimum Gasteiger partial charge on any atom is -0.303 e. The Balaban J connectivity index is 1.63. The van der Waals surface area contributed by atoms with Crippen molar-refractivity contribution in [1.29, 1.82) is 0 Å². The Morgan fingerprint density at radius 2 is 1.54 bits per heavy atom. The molecule has 0 spiro atoms. The van der Waals surface area contributed by atoms with Gasteiger partial charge in [-0.3, -0.25) is 0 Å². The quantitative estimate of drug-likeness (QED) is 0.235. The summed E-state index contributed by atoms with van der Waals surface area (Å²) >= 11 is 0. The Labute approximate surface area is 219 Å². The molecule has 3 aromatic carbocycles. The third-order valence-corrected chi connectivity index (χ3v) is 7.79. The van der Waals surface area contributed by atoms with E-state index >= 15 is 0 Å². The molecule has 2 aromatic heterocycles. The van der Waals surface area contributed by atoms with Gasteiger partial charge in [0.25, 0.3) is 5.82 Å². The number of hydrogen-bond donors (Lipinski definition) is 0. The molecule has 37 heavy (non-hydrogen) atoms. The molecule has 0 aliphatic carbocycles. The van der Waals surface area contributed by atoms with Crippen LogP contribution < -0.4 is 4.57 Å². The average molecular weight is 488 g/mol. The lowest BCUT2D eigenvalue weighted by Gasteiger charge is -2.21. The van der Waals surface area contributed by atoms with E-state index in [0.717, 1.165) is 12.2 Å². The molecule has 0 N–H and O–H groups in total. The average Bonchev–Trinajstić information content (AvgIpc) is 3.59. The highest BCUT2D eigenvalue weighted by Crippen LogP contribution is 2.40. The smallest absolute Gasteiger partial charge is 0.294 e. The van der Waals surface area contributed by atoms with E-state index in [9.17, 15) is 0 Å². The lowest BCUT2D eigenvalue weighted by atomic mass is 9.88. The molecule has 0 amide bonds. The first-order valence-corrected chi connectivity index (χ1v) is 13.3. The van der Waals surface area contributed by atoms with Crippen molar-refractivity contribution >= 4 is 0 Å². The van der Waals surface area contributed by atoms with Crippen LogP contribution in [-0.4, -0.2) is 14.1 Å². The predicted molar refractivity (Wildman–Crippen MR) is 151 cm³/mol. The van der Waals surface area contributed by atoms with Crippen molar-refractivity contribution in [2.75, 3.05) is 0 Å². The molecule has 1 aliphatic heterocycles. The second-order valence-corrected chi connectivity index (χ2v) is 10.9. The lowest BCUT2D eigenvalue weighted by Crippen LogP contribution is -2.30. The Morgan fingerprint density at radius 1 is 0.838 bits per heavy atom. The van der Waals surface area contributed by atoms with Crippen molar-refractivity contribution in [3.63, 3.8) is 0 Å². The van der Waals surface area contributed by atoms with Gasteiger partial charge in [-0.05, 0) is 59.2 Å². The number of aromatic nitrogens is 4. The number of benzene rings is 3. The summed E-state index contributed by atoms with van der Waals surface area (Å²) in [6.45, 7) is 11.5. The Kier molecular flexibility index (Phi) is 5.63. The fourth-order valence-electron chi connectivity index (χ4n) is 5.90. The largest absolute Gasteiger partial charge is 0.303 e. The van der Waals surface area contributed by atoms with Gasteiger partial charge >= 0.3 is 0 Å². The standard InChI is InChI=1S/C33H35N4/c1-21(2)26-18-25(24-10-8-7-9-11-24)19-27(22(3)4)32(26)37-17-16-35(6)33(37)31-23(5)12-13-29-28(31)20-30-34-14-15-36(29)30/h7-19,21-22H,20H2,1-6H3/q+1. The maximum absolute atomic E-state index is 4.63. The zero-order valence-electron chi connectivity index (χ0n) is 22.7. The molecule has 0 saturated carbocycles. The lowest BCUT2D eigenvalue weighted by molar-refractivity contribution is -0.659. The molecular formula is C33H35N4+. The number of aryl methyl sites for hydroxylation is 2. The SMILES string of the molecule is Cc1ccc2c(c1-c1n(-c3c(C(C)C)cc(-c4ccccc4)cc3C(C)C)cc[n+]1C)Cc1nccn1-2. The number of hydrogen-bond acceptors (Lipinski definition) is 1. The molecule has 4 heteroatoms. The van der Waals surface area contributed by atoms with Crippen LogP contribution >= 0.6 is 0 Å². The predicted octanol–water partition coefficient (Wildman–Crippen LogP) is 7.28. The summed E-state index contributed by atoms with van der Waals surface area (Å²) in [6, 6.07) is 20.1. The van der Waals surface area contributed by atoms with Gasteiger partial charge in [0.2, 0.25) is 0 Å². The first-order valence-electron chi connectivity index (χ1n) is 13.3. The van der Waals surface area contributed by atoms with Crippen LogP contribution in [0, 0.1) is 6.92 Å². The highest BCUT2D eigenvalue weighted by atomic mass is 15.1. The fraction of sp³-hybridized carbons (Fsp3) is 0.273. The number of fused-ring (bicyclic) bond motifs is 3. The van der Waals surface area contributed by atoms with Crippen LogP contribution in [0.25, 0.3) is 33.9 Å². The molecule has 0 saturated heterocycles. The summed E-state index contributed by atoms with van der Waals surface area (Å²) < 4.78 is 6.96. The molecule has 5 aromatic rings. The van der Waals surface area contributed by atoms with Gasteiger partial charge in [0.15, 0.2) is 0 Å². The first-order chi connectivity index (χ1) is 17.8. The van der Waals surface area contributed by atoms with Crippen molar-refractivity contribution < 1.29 is 4.57 Å². The van der Waals surface area contributed by atoms with Crippen molar-refractivity contribution in [2.24, 2.45) is 7.05 Å². The summed E-state index contributed by atoms with van der Waals surface area (Å²) in [7, 11) is 2.17. The van der Waals surface area contributed by atoms with E-state index in [1.807, 2.05) is 6.20 Å². The molecule has 6 rings (SSSR count). The van der Waals surface area contributed by atoms with Gasteiger partial charge in [-0.15, -0.1) is 0 Å². The van der Waals surface area contributed by atoms with E-state index in [-0.39, 0.29) is 0 Å². The third kappa shape index (κ3) is 3.74. The maximum Gasteiger partial charge on any atom is 0.294 e. The fourth-order valence-corrected chi connectivity index (χ4v) is 5.90. The Morgan fingerprint density at radius 3 is 2.22 bits per heavy atom. The van der Waals surface area contributed by atoms with Gasteiger partial charge in [-0.2, -0.15) is 4.57 Å². The monoisotopic (exact) mass is 487 g/mol. The third-order valence-electron chi connectivity index (χ3n) is 7.79. The molecule has 0 unspecified atom stereocenters. The summed E-state index contributed by atoms with van der Waals surface area (Å²) in [5, 5.41) is 0. The zero-order chi connectivity index (χ0) is 25.8. The summed E-state index contributed by atoms with van der Waals surface area (Å²) in [6.07, 6.45) is 9.28. The van der Waals surface area contributed by atoms with Gasteiger partial charge in [0.1, 0.15) is 23.9 Å². The van der Waals surface area contributed by atoms with Crippen molar-refractivity contribution in [1.82, 2.24) is 14.1 Å². The number of rotatable bonds is 5. The summed E-state index contributed by atoms with van der Waals surface area (Å²) in [4.78, 5) is 4.63. The van der Waals surface area contributed by atoms with Crippen LogP contribution in [0.15, 0.2) is 79.4 Å².